The summed E-state index contributed by atoms with van der Waals surface area (Å²) in [5, 5.41) is 4.90. The molecule has 0 saturated heterocycles. The van der Waals surface area contributed by atoms with E-state index in [1.54, 1.807) is 18.4 Å². The van der Waals surface area contributed by atoms with Gasteiger partial charge in [0.1, 0.15) is 18.2 Å². The molecule has 6 heteroatoms. The summed E-state index contributed by atoms with van der Waals surface area (Å²) in [6, 6.07) is 12.9. The minimum Gasteiger partial charge on any atom is -0.490 e. The molecule has 0 unspecified atom stereocenters. The molecular formula is C20H18BrN3O2. The summed E-state index contributed by atoms with van der Waals surface area (Å²) in [5.74, 6) is 1.33. The molecule has 1 aromatic heterocycles. The molecule has 0 N–H and O–H groups in total. The first-order valence-corrected chi connectivity index (χ1v) is 9.01. The predicted molar refractivity (Wildman–Crippen MR) is 108 cm³/mol. The molecule has 0 aliphatic heterocycles. The lowest BCUT2D eigenvalue weighted by Gasteiger charge is -2.08. The van der Waals surface area contributed by atoms with Crippen LogP contribution in [0.3, 0.4) is 0 Å². The Balaban J connectivity index is 2.02. The highest BCUT2D eigenvalue weighted by atomic mass is 79.9. The highest BCUT2D eigenvalue weighted by Crippen LogP contribution is 2.16. The molecule has 0 fully saturated rings. The van der Waals surface area contributed by atoms with Crippen LogP contribution in [-0.2, 0) is 6.42 Å². The minimum atomic E-state index is -0.191. The van der Waals surface area contributed by atoms with Crippen molar-refractivity contribution in [3.05, 3.63) is 81.3 Å². The van der Waals surface area contributed by atoms with Gasteiger partial charge in [0.15, 0.2) is 0 Å². The normalized spacial score (nSPS) is 11.2. The fraction of sp³-hybridized carbons (Fsp3) is 0.150. The third-order valence-electron chi connectivity index (χ3n) is 3.74. The number of ether oxygens (including phenoxy) is 1. The minimum absolute atomic E-state index is 0.191. The van der Waals surface area contributed by atoms with Crippen LogP contribution >= 0.6 is 15.9 Å². The molecule has 2 aromatic carbocycles. The third kappa shape index (κ3) is 3.91. The summed E-state index contributed by atoms with van der Waals surface area (Å²) < 4.78 is 7.70. The largest absolute Gasteiger partial charge is 0.490 e. The molecule has 132 valence electrons. The Morgan fingerprint density at radius 1 is 1.31 bits per heavy atom. The van der Waals surface area contributed by atoms with Gasteiger partial charge in [0.05, 0.1) is 17.1 Å². The van der Waals surface area contributed by atoms with Crippen molar-refractivity contribution in [1.82, 2.24) is 9.66 Å². The summed E-state index contributed by atoms with van der Waals surface area (Å²) in [7, 11) is 0. The lowest BCUT2D eigenvalue weighted by Crippen LogP contribution is -2.22. The van der Waals surface area contributed by atoms with Crippen LogP contribution in [0, 0.1) is 0 Å². The monoisotopic (exact) mass is 411 g/mol. The molecule has 0 saturated carbocycles. The lowest BCUT2D eigenvalue weighted by atomic mass is 10.2. The van der Waals surface area contributed by atoms with Crippen LogP contribution in [0.1, 0.15) is 18.3 Å². The molecule has 26 heavy (non-hydrogen) atoms. The van der Waals surface area contributed by atoms with Crippen molar-refractivity contribution in [2.75, 3.05) is 6.61 Å². The number of rotatable bonds is 6. The van der Waals surface area contributed by atoms with Crippen LogP contribution in [0.4, 0.5) is 0 Å². The maximum Gasteiger partial charge on any atom is 0.282 e. The Morgan fingerprint density at radius 3 is 2.92 bits per heavy atom. The zero-order valence-electron chi connectivity index (χ0n) is 14.4. The molecular weight excluding hydrogens is 394 g/mol. The molecule has 0 atom stereocenters. The van der Waals surface area contributed by atoms with E-state index < -0.39 is 0 Å². The number of aryl methyl sites for hydroxylation is 1. The van der Waals surface area contributed by atoms with Crippen LogP contribution in [0.2, 0.25) is 0 Å². The number of benzene rings is 2. The SMILES string of the molecule is C=CCOc1cccc(C=Nn2c(CC)nc3ccc(Br)cc3c2=O)c1. The second kappa shape index (κ2) is 8.10. The highest BCUT2D eigenvalue weighted by Gasteiger charge is 2.09. The molecule has 0 spiro atoms. The fourth-order valence-electron chi connectivity index (χ4n) is 2.51. The summed E-state index contributed by atoms with van der Waals surface area (Å²) >= 11 is 3.40. The summed E-state index contributed by atoms with van der Waals surface area (Å²) in [6.07, 6.45) is 3.92. The van der Waals surface area contributed by atoms with Crippen LogP contribution in [0.5, 0.6) is 5.75 Å². The Morgan fingerprint density at radius 2 is 2.15 bits per heavy atom. The van der Waals surface area contributed by atoms with E-state index >= 15 is 0 Å². The number of nitrogens with zero attached hydrogens (tertiary/aromatic N) is 3. The van der Waals surface area contributed by atoms with E-state index in [9.17, 15) is 4.79 Å². The highest BCUT2D eigenvalue weighted by molar-refractivity contribution is 9.10. The average Bonchev–Trinajstić information content (AvgIpc) is 2.66. The Kier molecular flexibility index (Phi) is 5.63. The molecule has 3 rings (SSSR count). The standard InChI is InChI=1S/C20H18BrN3O2/c1-3-10-26-16-7-5-6-14(11-16)13-22-24-19(4-2)23-18-9-8-15(21)12-17(18)20(24)25/h3,5-9,11-13H,1,4,10H2,2H3. The molecule has 5 nitrogen and oxygen atoms in total. The first-order chi connectivity index (χ1) is 12.6. The van der Waals surface area contributed by atoms with Crippen molar-refractivity contribution in [3.8, 4) is 5.75 Å². The zero-order valence-corrected chi connectivity index (χ0v) is 15.9. The van der Waals surface area contributed by atoms with Crippen molar-refractivity contribution in [2.24, 2.45) is 5.10 Å². The first kappa shape index (κ1) is 18.1. The second-order valence-corrected chi connectivity index (χ2v) is 6.49. The number of aromatic nitrogens is 2. The van der Waals surface area contributed by atoms with Gasteiger partial charge in [0.25, 0.3) is 5.56 Å². The van der Waals surface area contributed by atoms with Crippen molar-refractivity contribution >= 4 is 33.0 Å². The van der Waals surface area contributed by atoms with Crippen LogP contribution in [-0.4, -0.2) is 22.5 Å². The van der Waals surface area contributed by atoms with E-state index in [0.29, 0.717) is 29.8 Å². The summed E-state index contributed by atoms with van der Waals surface area (Å²) in [5.41, 5.74) is 1.31. The Bertz CT molecular complexity index is 1040. The molecule has 0 aliphatic rings. The molecule has 0 amide bonds. The average molecular weight is 412 g/mol. The number of halogens is 1. The van der Waals surface area contributed by atoms with Gasteiger partial charge in [0.2, 0.25) is 0 Å². The topological polar surface area (TPSA) is 56.5 Å². The van der Waals surface area contributed by atoms with Gasteiger partial charge in [0, 0.05) is 10.9 Å². The van der Waals surface area contributed by atoms with Crippen molar-refractivity contribution < 1.29 is 4.74 Å². The van der Waals surface area contributed by atoms with E-state index in [1.807, 2.05) is 43.3 Å². The number of fused-ring (bicyclic) bond motifs is 1. The zero-order chi connectivity index (χ0) is 18.5. The van der Waals surface area contributed by atoms with E-state index in [4.69, 9.17) is 4.74 Å². The molecule has 0 radical (unpaired) electrons. The first-order valence-electron chi connectivity index (χ1n) is 8.21. The van der Waals surface area contributed by atoms with Crippen molar-refractivity contribution in [1.29, 1.82) is 0 Å². The van der Waals surface area contributed by atoms with E-state index in [-0.39, 0.29) is 5.56 Å². The van der Waals surface area contributed by atoms with E-state index in [1.165, 1.54) is 4.68 Å². The Hall–Kier alpha value is -2.73. The van der Waals surface area contributed by atoms with Gasteiger partial charge in [-0.15, -0.1) is 0 Å². The van der Waals surface area contributed by atoms with Crippen LogP contribution in [0.15, 0.2) is 69.5 Å². The summed E-state index contributed by atoms with van der Waals surface area (Å²) in [6.45, 7) is 6.01. The van der Waals surface area contributed by atoms with Gasteiger partial charge in [-0.3, -0.25) is 4.79 Å². The molecule has 3 aromatic rings. The van der Waals surface area contributed by atoms with Gasteiger partial charge in [-0.1, -0.05) is 47.6 Å². The van der Waals surface area contributed by atoms with Gasteiger partial charge in [-0.2, -0.15) is 9.78 Å². The predicted octanol–water partition coefficient (Wildman–Crippen LogP) is 4.17. The Labute approximate surface area is 159 Å². The van der Waals surface area contributed by atoms with Crippen molar-refractivity contribution in [2.45, 2.75) is 13.3 Å². The third-order valence-corrected chi connectivity index (χ3v) is 4.23. The smallest absolute Gasteiger partial charge is 0.282 e. The maximum absolute atomic E-state index is 12.8. The van der Waals surface area contributed by atoms with E-state index in [0.717, 1.165) is 15.8 Å². The summed E-state index contributed by atoms with van der Waals surface area (Å²) in [4.78, 5) is 17.4. The van der Waals surface area contributed by atoms with Gasteiger partial charge in [-0.25, -0.2) is 4.98 Å². The quantitative estimate of drug-likeness (QED) is 0.451. The lowest BCUT2D eigenvalue weighted by molar-refractivity contribution is 0.363. The second-order valence-electron chi connectivity index (χ2n) is 5.58. The van der Waals surface area contributed by atoms with Gasteiger partial charge < -0.3 is 4.74 Å². The molecule has 0 bridgehead atoms. The van der Waals surface area contributed by atoms with Gasteiger partial charge >= 0.3 is 0 Å². The van der Waals surface area contributed by atoms with Crippen LogP contribution in [0.25, 0.3) is 10.9 Å². The maximum atomic E-state index is 12.8. The van der Waals surface area contributed by atoms with E-state index in [2.05, 4.69) is 32.6 Å². The van der Waals surface area contributed by atoms with Crippen molar-refractivity contribution in [3.63, 3.8) is 0 Å². The number of hydrogen-bond acceptors (Lipinski definition) is 4. The molecule has 0 aliphatic carbocycles. The fourth-order valence-corrected chi connectivity index (χ4v) is 2.87. The molecule has 1 heterocycles. The van der Waals surface area contributed by atoms with Gasteiger partial charge in [-0.05, 0) is 35.9 Å². The number of hydrogen-bond donors (Lipinski definition) is 0. The van der Waals surface area contributed by atoms with Crippen LogP contribution < -0.4 is 10.3 Å².